The third-order valence-corrected chi connectivity index (χ3v) is 2.67. The maximum Gasteiger partial charge on any atom is 0.0606 e. The largest absolute Gasteiger partial charge is 0.323 e. The standard InChI is InChI=1S/C16H17N/c1-2-3-4-5-10-15-11-6-7-12-16(15)17-13-8-9-14-17/h6-9,11-14H,2-4H2,1H3. The Morgan fingerprint density at radius 1 is 1.06 bits per heavy atom. The predicted molar refractivity (Wildman–Crippen MR) is 72.2 cm³/mol. The van der Waals surface area contributed by atoms with Gasteiger partial charge in [-0.2, -0.15) is 0 Å². The second kappa shape index (κ2) is 5.96. The Morgan fingerprint density at radius 2 is 1.82 bits per heavy atom. The quantitative estimate of drug-likeness (QED) is 0.547. The molecular weight excluding hydrogens is 206 g/mol. The molecule has 1 nitrogen and oxygen atoms in total. The Hall–Kier alpha value is -1.94. The van der Waals surface area contributed by atoms with Gasteiger partial charge < -0.3 is 4.57 Å². The highest BCUT2D eigenvalue weighted by molar-refractivity contribution is 5.51. The van der Waals surface area contributed by atoms with E-state index in [0.717, 1.165) is 17.7 Å². The Morgan fingerprint density at radius 3 is 2.59 bits per heavy atom. The Bertz CT molecular complexity index is 512. The molecule has 17 heavy (non-hydrogen) atoms. The minimum absolute atomic E-state index is 0.983. The number of para-hydroxylation sites is 1. The lowest BCUT2D eigenvalue weighted by molar-refractivity contribution is 0.828. The smallest absolute Gasteiger partial charge is 0.0606 e. The van der Waals surface area contributed by atoms with Crippen molar-refractivity contribution >= 4 is 0 Å². The molecule has 1 aromatic heterocycles. The lowest BCUT2D eigenvalue weighted by Crippen LogP contribution is -1.93. The number of aromatic nitrogens is 1. The molecular formula is C16H17N. The van der Waals surface area contributed by atoms with Crippen LogP contribution in [-0.2, 0) is 0 Å². The van der Waals surface area contributed by atoms with Crippen LogP contribution in [0.3, 0.4) is 0 Å². The van der Waals surface area contributed by atoms with Gasteiger partial charge in [0.1, 0.15) is 0 Å². The van der Waals surface area contributed by atoms with Crippen LogP contribution >= 0.6 is 0 Å². The summed E-state index contributed by atoms with van der Waals surface area (Å²) in [5, 5.41) is 0. The van der Waals surface area contributed by atoms with Crippen LogP contribution in [0.5, 0.6) is 0 Å². The van der Waals surface area contributed by atoms with Crippen LogP contribution in [0.1, 0.15) is 31.7 Å². The number of nitrogens with zero attached hydrogens (tertiary/aromatic N) is 1. The lowest BCUT2D eigenvalue weighted by atomic mass is 10.1. The second-order valence-corrected chi connectivity index (χ2v) is 4.01. The van der Waals surface area contributed by atoms with E-state index in [9.17, 15) is 0 Å². The summed E-state index contributed by atoms with van der Waals surface area (Å²) in [4.78, 5) is 0. The van der Waals surface area contributed by atoms with Gasteiger partial charge in [0.2, 0.25) is 0 Å². The van der Waals surface area contributed by atoms with Gasteiger partial charge in [0, 0.05) is 24.4 Å². The normalized spacial score (nSPS) is 9.71. The van der Waals surface area contributed by atoms with E-state index in [1.54, 1.807) is 0 Å². The zero-order chi connectivity index (χ0) is 11.9. The molecule has 0 aliphatic heterocycles. The molecule has 2 rings (SSSR count). The highest BCUT2D eigenvalue weighted by Crippen LogP contribution is 2.13. The van der Waals surface area contributed by atoms with E-state index in [-0.39, 0.29) is 0 Å². The third kappa shape index (κ3) is 3.01. The zero-order valence-electron chi connectivity index (χ0n) is 10.2. The minimum atomic E-state index is 0.983. The summed E-state index contributed by atoms with van der Waals surface area (Å²) in [6.07, 6.45) is 7.46. The first kappa shape index (κ1) is 11.5. The summed E-state index contributed by atoms with van der Waals surface area (Å²) in [5.74, 6) is 6.51. The first-order valence-electron chi connectivity index (χ1n) is 6.13. The van der Waals surface area contributed by atoms with E-state index in [4.69, 9.17) is 0 Å². The monoisotopic (exact) mass is 223 g/mol. The number of hydrogen-bond acceptors (Lipinski definition) is 0. The van der Waals surface area contributed by atoms with Gasteiger partial charge in [-0.1, -0.05) is 37.3 Å². The maximum absolute atomic E-state index is 3.27. The average molecular weight is 223 g/mol. The van der Waals surface area contributed by atoms with Crippen LogP contribution in [-0.4, -0.2) is 4.57 Å². The molecule has 0 fully saturated rings. The lowest BCUT2D eigenvalue weighted by Gasteiger charge is -2.05. The van der Waals surface area contributed by atoms with Crippen molar-refractivity contribution in [1.29, 1.82) is 0 Å². The highest BCUT2D eigenvalue weighted by atomic mass is 14.9. The van der Waals surface area contributed by atoms with Gasteiger partial charge in [-0.05, 0) is 30.7 Å². The van der Waals surface area contributed by atoms with E-state index in [0.29, 0.717) is 0 Å². The van der Waals surface area contributed by atoms with Crippen LogP contribution in [0, 0.1) is 11.8 Å². The number of benzene rings is 1. The van der Waals surface area contributed by atoms with Crippen LogP contribution in [0.15, 0.2) is 48.8 Å². The topological polar surface area (TPSA) is 4.93 Å². The average Bonchev–Trinajstić information content (AvgIpc) is 2.89. The van der Waals surface area contributed by atoms with Gasteiger partial charge in [0.15, 0.2) is 0 Å². The summed E-state index contributed by atoms with van der Waals surface area (Å²) in [6, 6.07) is 12.3. The Labute approximate surface area is 103 Å². The van der Waals surface area contributed by atoms with Crippen molar-refractivity contribution in [3.8, 4) is 17.5 Å². The fraction of sp³-hybridized carbons (Fsp3) is 0.250. The van der Waals surface area contributed by atoms with Crippen molar-refractivity contribution in [2.75, 3.05) is 0 Å². The van der Waals surface area contributed by atoms with E-state index in [1.807, 2.05) is 36.7 Å². The molecule has 1 heterocycles. The van der Waals surface area contributed by atoms with Gasteiger partial charge in [-0.15, -0.1) is 0 Å². The van der Waals surface area contributed by atoms with Gasteiger partial charge in [-0.25, -0.2) is 0 Å². The third-order valence-electron chi connectivity index (χ3n) is 2.67. The fourth-order valence-electron chi connectivity index (χ4n) is 1.72. The van der Waals surface area contributed by atoms with Crippen LogP contribution in [0.25, 0.3) is 5.69 Å². The van der Waals surface area contributed by atoms with Crippen molar-refractivity contribution in [2.45, 2.75) is 26.2 Å². The molecule has 0 N–H and O–H groups in total. The molecule has 0 bridgehead atoms. The van der Waals surface area contributed by atoms with Crippen molar-refractivity contribution < 1.29 is 0 Å². The molecule has 0 radical (unpaired) electrons. The SMILES string of the molecule is CCCCC#Cc1ccccc1-n1cccc1. The van der Waals surface area contributed by atoms with Gasteiger partial charge >= 0.3 is 0 Å². The predicted octanol–water partition coefficient (Wildman–Crippen LogP) is 4.02. The zero-order valence-corrected chi connectivity index (χ0v) is 10.2. The second-order valence-electron chi connectivity index (χ2n) is 4.01. The van der Waals surface area contributed by atoms with Crippen LogP contribution in [0.4, 0.5) is 0 Å². The molecule has 1 aromatic carbocycles. The fourth-order valence-corrected chi connectivity index (χ4v) is 1.72. The molecule has 1 heteroatoms. The summed E-state index contributed by atoms with van der Waals surface area (Å²) in [5.41, 5.74) is 2.25. The summed E-state index contributed by atoms with van der Waals surface area (Å²) in [7, 11) is 0. The van der Waals surface area contributed by atoms with E-state index < -0.39 is 0 Å². The van der Waals surface area contributed by atoms with Crippen LogP contribution in [0.2, 0.25) is 0 Å². The summed E-state index contributed by atoms with van der Waals surface area (Å²) < 4.78 is 2.10. The van der Waals surface area contributed by atoms with Crippen molar-refractivity contribution in [3.05, 3.63) is 54.4 Å². The molecule has 0 unspecified atom stereocenters. The molecule has 0 amide bonds. The molecule has 0 aliphatic rings. The first-order chi connectivity index (χ1) is 8.42. The van der Waals surface area contributed by atoms with Gasteiger partial charge in [-0.3, -0.25) is 0 Å². The summed E-state index contributed by atoms with van der Waals surface area (Å²) in [6.45, 7) is 2.19. The molecule has 0 saturated heterocycles. The maximum atomic E-state index is 3.27. The molecule has 0 atom stereocenters. The summed E-state index contributed by atoms with van der Waals surface area (Å²) >= 11 is 0. The van der Waals surface area contributed by atoms with E-state index >= 15 is 0 Å². The molecule has 2 aromatic rings. The Kier molecular flexibility index (Phi) is 4.05. The van der Waals surface area contributed by atoms with Crippen molar-refractivity contribution in [2.24, 2.45) is 0 Å². The van der Waals surface area contributed by atoms with Gasteiger partial charge in [0.05, 0.1) is 5.69 Å². The Balaban J connectivity index is 2.24. The molecule has 86 valence electrons. The number of hydrogen-bond donors (Lipinski definition) is 0. The number of rotatable bonds is 3. The van der Waals surface area contributed by atoms with E-state index in [2.05, 4.69) is 35.5 Å². The van der Waals surface area contributed by atoms with Gasteiger partial charge in [0.25, 0.3) is 0 Å². The van der Waals surface area contributed by atoms with Crippen molar-refractivity contribution in [3.63, 3.8) is 0 Å². The van der Waals surface area contributed by atoms with Crippen molar-refractivity contribution in [1.82, 2.24) is 4.57 Å². The van der Waals surface area contributed by atoms with E-state index in [1.165, 1.54) is 12.8 Å². The minimum Gasteiger partial charge on any atom is -0.323 e. The van der Waals surface area contributed by atoms with Crippen LogP contribution < -0.4 is 0 Å². The molecule has 0 saturated carbocycles. The first-order valence-corrected chi connectivity index (χ1v) is 6.13. The molecule has 0 aliphatic carbocycles. The molecule has 0 spiro atoms. The number of unbranched alkanes of at least 4 members (excludes halogenated alkanes) is 2. The highest BCUT2D eigenvalue weighted by Gasteiger charge is 1.99.